The van der Waals surface area contributed by atoms with Crippen LogP contribution in [0.1, 0.15) is 84.0 Å². The third kappa shape index (κ3) is 6.92. The van der Waals surface area contributed by atoms with Gasteiger partial charge in [-0.3, -0.25) is 9.59 Å². The SMILES string of the molecule is CC(=O)NC1(CC(=O)O)CCCCCCCCCCC1. The monoisotopic (exact) mass is 283 g/mol. The molecule has 0 aromatic heterocycles. The number of hydrogen-bond donors (Lipinski definition) is 2. The molecular weight excluding hydrogens is 254 g/mol. The maximum absolute atomic E-state index is 11.5. The van der Waals surface area contributed by atoms with Gasteiger partial charge in [0.2, 0.25) is 5.91 Å². The second-order valence-electron chi connectivity index (χ2n) is 6.21. The summed E-state index contributed by atoms with van der Waals surface area (Å²) < 4.78 is 0. The fourth-order valence-electron chi connectivity index (χ4n) is 3.30. The highest BCUT2D eigenvalue weighted by Gasteiger charge is 2.32. The largest absolute Gasteiger partial charge is 0.481 e. The summed E-state index contributed by atoms with van der Waals surface area (Å²) >= 11 is 0. The van der Waals surface area contributed by atoms with Crippen LogP contribution < -0.4 is 5.32 Å². The summed E-state index contributed by atoms with van der Waals surface area (Å²) in [4.78, 5) is 22.6. The van der Waals surface area contributed by atoms with Crippen LogP contribution in [-0.4, -0.2) is 22.5 Å². The summed E-state index contributed by atoms with van der Waals surface area (Å²) in [6.07, 6.45) is 12.3. The van der Waals surface area contributed by atoms with E-state index in [1.807, 2.05) is 0 Å². The molecule has 1 aliphatic rings. The topological polar surface area (TPSA) is 66.4 Å². The van der Waals surface area contributed by atoms with Crippen LogP contribution in [0.25, 0.3) is 0 Å². The highest BCUT2D eigenvalue weighted by molar-refractivity contribution is 5.76. The number of nitrogens with one attached hydrogen (secondary N) is 1. The van der Waals surface area contributed by atoms with Gasteiger partial charge in [-0.25, -0.2) is 0 Å². The van der Waals surface area contributed by atoms with Gasteiger partial charge in [-0.2, -0.15) is 0 Å². The summed E-state index contributed by atoms with van der Waals surface area (Å²) in [5.41, 5.74) is -0.531. The Morgan fingerprint density at radius 1 is 0.900 bits per heavy atom. The molecule has 4 heteroatoms. The van der Waals surface area contributed by atoms with E-state index in [0.29, 0.717) is 0 Å². The lowest BCUT2D eigenvalue weighted by molar-refractivity contribution is -0.139. The van der Waals surface area contributed by atoms with Crippen molar-refractivity contribution in [3.8, 4) is 0 Å². The van der Waals surface area contributed by atoms with E-state index in [4.69, 9.17) is 0 Å². The molecule has 0 saturated heterocycles. The van der Waals surface area contributed by atoms with E-state index in [1.54, 1.807) is 0 Å². The van der Waals surface area contributed by atoms with Crippen LogP contribution >= 0.6 is 0 Å². The predicted octanol–water partition coefficient (Wildman–Crippen LogP) is 3.64. The Bertz CT molecular complexity index is 285. The van der Waals surface area contributed by atoms with Crippen LogP contribution in [0.3, 0.4) is 0 Å². The van der Waals surface area contributed by atoms with Gasteiger partial charge in [-0.05, 0) is 12.8 Å². The molecule has 0 atom stereocenters. The molecule has 1 saturated carbocycles. The molecule has 0 aromatic rings. The van der Waals surface area contributed by atoms with Crippen molar-refractivity contribution in [2.45, 2.75) is 89.5 Å². The third-order valence-electron chi connectivity index (χ3n) is 4.24. The van der Waals surface area contributed by atoms with Crippen LogP contribution in [0.2, 0.25) is 0 Å². The number of carboxylic acids is 1. The average molecular weight is 283 g/mol. The van der Waals surface area contributed by atoms with Gasteiger partial charge < -0.3 is 10.4 Å². The van der Waals surface area contributed by atoms with Gasteiger partial charge in [-0.15, -0.1) is 0 Å². The normalized spacial score (nSPS) is 21.2. The molecule has 1 amide bonds. The highest BCUT2D eigenvalue weighted by atomic mass is 16.4. The van der Waals surface area contributed by atoms with Gasteiger partial charge in [0.05, 0.1) is 12.0 Å². The zero-order chi connectivity index (χ0) is 14.8. The summed E-state index contributed by atoms with van der Waals surface area (Å²) in [5, 5.41) is 12.1. The Labute approximate surface area is 122 Å². The van der Waals surface area contributed by atoms with Crippen molar-refractivity contribution in [3.05, 3.63) is 0 Å². The molecule has 0 spiro atoms. The molecule has 116 valence electrons. The lowest BCUT2D eigenvalue weighted by Crippen LogP contribution is -2.49. The average Bonchev–Trinajstić information content (AvgIpc) is 2.32. The molecule has 0 aromatic carbocycles. The Kier molecular flexibility index (Phi) is 7.63. The van der Waals surface area contributed by atoms with Crippen LogP contribution in [0.15, 0.2) is 0 Å². The van der Waals surface area contributed by atoms with Crippen LogP contribution in [0.5, 0.6) is 0 Å². The number of carbonyl (C=O) groups is 2. The second-order valence-corrected chi connectivity index (χ2v) is 6.21. The van der Waals surface area contributed by atoms with E-state index in [-0.39, 0.29) is 12.3 Å². The van der Waals surface area contributed by atoms with Gasteiger partial charge in [0, 0.05) is 6.92 Å². The fourth-order valence-corrected chi connectivity index (χ4v) is 3.30. The van der Waals surface area contributed by atoms with Crippen molar-refractivity contribution >= 4 is 11.9 Å². The number of rotatable bonds is 3. The van der Waals surface area contributed by atoms with E-state index in [1.165, 1.54) is 39.0 Å². The van der Waals surface area contributed by atoms with E-state index in [0.717, 1.165) is 38.5 Å². The number of aliphatic carboxylic acids is 1. The Hall–Kier alpha value is -1.06. The Balaban J connectivity index is 2.70. The maximum Gasteiger partial charge on any atom is 0.305 e. The number of hydrogen-bond acceptors (Lipinski definition) is 2. The summed E-state index contributed by atoms with van der Waals surface area (Å²) in [5.74, 6) is -0.927. The molecule has 0 unspecified atom stereocenters. The first-order valence-electron chi connectivity index (χ1n) is 8.05. The third-order valence-corrected chi connectivity index (χ3v) is 4.24. The van der Waals surface area contributed by atoms with Crippen molar-refractivity contribution in [3.63, 3.8) is 0 Å². The molecule has 2 N–H and O–H groups in total. The van der Waals surface area contributed by atoms with Crippen LogP contribution in [0, 0.1) is 0 Å². The summed E-state index contributed by atoms with van der Waals surface area (Å²) in [7, 11) is 0. The lowest BCUT2D eigenvalue weighted by atomic mass is 9.82. The molecular formula is C16H29NO3. The fraction of sp³-hybridized carbons (Fsp3) is 0.875. The predicted molar refractivity (Wildman–Crippen MR) is 79.6 cm³/mol. The first-order valence-corrected chi connectivity index (χ1v) is 8.05. The number of carboxylic acid groups (broad SMARTS) is 1. The highest BCUT2D eigenvalue weighted by Crippen LogP contribution is 2.28. The minimum absolute atomic E-state index is 0.0482. The Morgan fingerprint density at radius 2 is 1.30 bits per heavy atom. The summed E-state index contributed by atoms with van der Waals surface area (Å²) in [6.45, 7) is 1.49. The molecule has 0 heterocycles. The Morgan fingerprint density at radius 3 is 1.65 bits per heavy atom. The van der Waals surface area contributed by atoms with Crippen molar-refractivity contribution < 1.29 is 14.7 Å². The van der Waals surface area contributed by atoms with Gasteiger partial charge in [0.1, 0.15) is 0 Å². The quantitative estimate of drug-likeness (QED) is 0.831. The minimum Gasteiger partial charge on any atom is -0.481 e. The molecule has 0 radical (unpaired) electrons. The number of amides is 1. The second kappa shape index (κ2) is 8.98. The first-order chi connectivity index (χ1) is 9.54. The van der Waals surface area contributed by atoms with Crippen molar-refractivity contribution in [2.75, 3.05) is 0 Å². The molecule has 1 aliphatic carbocycles. The van der Waals surface area contributed by atoms with Crippen LogP contribution in [0.4, 0.5) is 0 Å². The summed E-state index contributed by atoms with van der Waals surface area (Å²) in [6, 6.07) is 0. The van der Waals surface area contributed by atoms with Crippen molar-refractivity contribution in [2.24, 2.45) is 0 Å². The van der Waals surface area contributed by atoms with Crippen LogP contribution in [-0.2, 0) is 9.59 Å². The van der Waals surface area contributed by atoms with Gasteiger partial charge in [0.25, 0.3) is 0 Å². The van der Waals surface area contributed by atoms with Gasteiger partial charge in [0.15, 0.2) is 0 Å². The molecule has 0 bridgehead atoms. The van der Waals surface area contributed by atoms with E-state index in [2.05, 4.69) is 5.32 Å². The zero-order valence-electron chi connectivity index (χ0n) is 12.7. The van der Waals surface area contributed by atoms with E-state index in [9.17, 15) is 14.7 Å². The van der Waals surface area contributed by atoms with Gasteiger partial charge >= 0.3 is 5.97 Å². The molecule has 0 aliphatic heterocycles. The minimum atomic E-state index is -0.814. The molecule has 1 rings (SSSR count). The maximum atomic E-state index is 11.5. The standard InChI is InChI=1S/C16H29NO3/c1-14(18)17-16(13-15(19)20)11-9-7-5-3-2-4-6-8-10-12-16/h2-13H2,1H3,(H,17,18)(H,19,20). The first kappa shape index (κ1) is 17.0. The lowest BCUT2D eigenvalue weighted by Gasteiger charge is -2.34. The zero-order valence-corrected chi connectivity index (χ0v) is 12.7. The molecule has 1 fully saturated rings. The molecule has 20 heavy (non-hydrogen) atoms. The smallest absolute Gasteiger partial charge is 0.305 e. The van der Waals surface area contributed by atoms with Crippen molar-refractivity contribution in [1.29, 1.82) is 0 Å². The van der Waals surface area contributed by atoms with E-state index < -0.39 is 11.5 Å². The van der Waals surface area contributed by atoms with E-state index >= 15 is 0 Å². The molecule has 4 nitrogen and oxygen atoms in total. The number of carbonyl (C=O) groups excluding carboxylic acids is 1. The van der Waals surface area contributed by atoms with Gasteiger partial charge in [-0.1, -0.05) is 57.8 Å². The van der Waals surface area contributed by atoms with Crippen molar-refractivity contribution in [1.82, 2.24) is 5.32 Å².